The highest BCUT2D eigenvalue weighted by atomic mass is 16.1. The van der Waals surface area contributed by atoms with E-state index in [1.807, 2.05) is 31.2 Å². The van der Waals surface area contributed by atoms with Crippen molar-refractivity contribution in [2.24, 2.45) is 11.7 Å². The summed E-state index contributed by atoms with van der Waals surface area (Å²) in [4.78, 5) is 16.4. The van der Waals surface area contributed by atoms with Gasteiger partial charge in [0.1, 0.15) is 0 Å². The normalized spacial score (nSPS) is 12.6. The number of carbonyl (C=O) groups excluding carboxylic acids is 1. The third-order valence-electron chi connectivity index (χ3n) is 3.10. The van der Waals surface area contributed by atoms with E-state index in [4.69, 9.17) is 5.73 Å². The highest BCUT2D eigenvalue weighted by molar-refractivity contribution is 6.08. The van der Waals surface area contributed by atoms with Gasteiger partial charge in [0.2, 0.25) is 0 Å². The molecule has 0 spiro atoms. The summed E-state index contributed by atoms with van der Waals surface area (Å²) in [7, 11) is 0. The minimum atomic E-state index is -0.0965. The summed E-state index contributed by atoms with van der Waals surface area (Å²) in [6, 6.07) is 7.65. The molecule has 1 aromatic carbocycles. The molecule has 0 bridgehead atoms. The van der Waals surface area contributed by atoms with E-state index in [1.54, 1.807) is 12.4 Å². The minimum Gasteiger partial charge on any atom is -0.330 e. The molecule has 1 heterocycles. The first-order valence-corrected chi connectivity index (χ1v) is 5.85. The molecule has 0 amide bonds. The zero-order valence-electron chi connectivity index (χ0n) is 9.89. The summed E-state index contributed by atoms with van der Waals surface area (Å²) in [5.41, 5.74) is 6.36. The lowest BCUT2D eigenvalue weighted by molar-refractivity contribution is 0.0923. The predicted octanol–water partition coefficient (Wildman–Crippen LogP) is 2.40. The number of hydrogen-bond acceptors (Lipinski definition) is 3. The van der Waals surface area contributed by atoms with Crippen molar-refractivity contribution in [3.63, 3.8) is 0 Å². The number of pyridine rings is 1. The highest BCUT2D eigenvalue weighted by Crippen LogP contribution is 2.21. The summed E-state index contributed by atoms with van der Waals surface area (Å²) < 4.78 is 0. The van der Waals surface area contributed by atoms with E-state index in [0.29, 0.717) is 6.54 Å². The van der Waals surface area contributed by atoms with Gasteiger partial charge < -0.3 is 5.73 Å². The lowest BCUT2D eigenvalue weighted by atomic mass is 9.92. The lowest BCUT2D eigenvalue weighted by Gasteiger charge is -2.12. The zero-order chi connectivity index (χ0) is 12.3. The Morgan fingerprint density at radius 3 is 2.94 bits per heavy atom. The van der Waals surface area contributed by atoms with Crippen LogP contribution >= 0.6 is 0 Å². The fourth-order valence-corrected chi connectivity index (χ4v) is 2.01. The molecule has 17 heavy (non-hydrogen) atoms. The van der Waals surface area contributed by atoms with E-state index >= 15 is 0 Å². The minimum absolute atomic E-state index is 0.0965. The molecule has 2 rings (SSSR count). The Morgan fingerprint density at radius 1 is 1.41 bits per heavy atom. The van der Waals surface area contributed by atoms with Gasteiger partial charge in [-0.2, -0.15) is 0 Å². The van der Waals surface area contributed by atoms with Gasteiger partial charge in [-0.3, -0.25) is 9.78 Å². The Labute approximate surface area is 101 Å². The maximum absolute atomic E-state index is 12.3. The van der Waals surface area contributed by atoms with E-state index in [-0.39, 0.29) is 11.7 Å². The van der Waals surface area contributed by atoms with Crippen molar-refractivity contribution in [1.82, 2.24) is 4.98 Å². The Hall–Kier alpha value is -1.74. The van der Waals surface area contributed by atoms with Crippen molar-refractivity contribution in [1.29, 1.82) is 0 Å². The predicted molar refractivity (Wildman–Crippen MR) is 68.9 cm³/mol. The number of aromatic nitrogens is 1. The second-order valence-corrected chi connectivity index (χ2v) is 4.11. The Bertz CT molecular complexity index is 527. The number of ketones is 1. The summed E-state index contributed by atoms with van der Waals surface area (Å²) in [6.45, 7) is 2.38. The van der Waals surface area contributed by atoms with Crippen LogP contribution in [0.1, 0.15) is 23.7 Å². The fraction of sp³-hybridized carbons (Fsp3) is 0.286. The molecule has 1 atom stereocenters. The number of rotatable bonds is 4. The quantitative estimate of drug-likeness (QED) is 0.817. The number of hydrogen-bond donors (Lipinski definition) is 1. The SMILES string of the molecule is CCC(CN)C(=O)c1cccc2ccncc12. The van der Waals surface area contributed by atoms with Crippen molar-refractivity contribution < 1.29 is 4.79 Å². The molecular formula is C14H16N2O. The van der Waals surface area contributed by atoms with Gasteiger partial charge in [-0.25, -0.2) is 0 Å². The number of Topliss-reactive ketones (excluding diaryl/α,β-unsaturated/α-hetero) is 1. The first-order chi connectivity index (χ1) is 8.27. The first kappa shape index (κ1) is 11.7. The van der Waals surface area contributed by atoms with Crippen LogP contribution < -0.4 is 5.73 Å². The van der Waals surface area contributed by atoms with E-state index in [1.165, 1.54) is 0 Å². The maximum Gasteiger partial charge on any atom is 0.167 e. The van der Waals surface area contributed by atoms with Crippen molar-refractivity contribution in [2.75, 3.05) is 6.54 Å². The summed E-state index contributed by atoms with van der Waals surface area (Å²) in [5.74, 6) is 0.0226. The Kier molecular flexibility index (Phi) is 3.49. The third kappa shape index (κ3) is 2.19. The van der Waals surface area contributed by atoms with Gasteiger partial charge in [0.15, 0.2) is 5.78 Å². The molecule has 88 valence electrons. The topological polar surface area (TPSA) is 56.0 Å². The summed E-state index contributed by atoms with van der Waals surface area (Å²) in [5, 5.41) is 1.95. The lowest BCUT2D eigenvalue weighted by Crippen LogP contribution is -2.23. The average Bonchev–Trinajstić information content (AvgIpc) is 2.39. The van der Waals surface area contributed by atoms with Crippen LogP contribution in [-0.2, 0) is 0 Å². The molecule has 3 nitrogen and oxygen atoms in total. The van der Waals surface area contributed by atoms with Gasteiger partial charge in [-0.1, -0.05) is 25.1 Å². The molecule has 0 aliphatic heterocycles. The fourth-order valence-electron chi connectivity index (χ4n) is 2.01. The molecule has 0 radical (unpaired) electrons. The monoisotopic (exact) mass is 228 g/mol. The first-order valence-electron chi connectivity index (χ1n) is 5.85. The molecule has 0 saturated heterocycles. The van der Waals surface area contributed by atoms with Crippen LogP contribution in [0.4, 0.5) is 0 Å². The largest absolute Gasteiger partial charge is 0.330 e. The van der Waals surface area contributed by atoms with Gasteiger partial charge in [-0.15, -0.1) is 0 Å². The molecule has 0 saturated carbocycles. The molecule has 0 aliphatic carbocycles. The van der Waals surface area contributed by atoms with Crippen LogP contribution in [-0.4, -0.2) is 17.3 Å². The number of carbonyl (C=O) groups is 1. The van der Waals surface area contributed by atoms with Crippen LogP contribution in [0.25, 0.3) is 10.8 Å². The van der Waals surface area contributed by atoms with Crippen molar-refractivity contribution in [3.8, 4) is 0 Å². The van der Waals surface area contributed by atoms with E-state index < -0.39 is 0 Å². The molecule has 3 heteroatoms. The standard InChI is InChI=1S/C14H16N2O/c1-2-10(8-15)14(17)12-5-3-4-11-6-7-16-9-13(11)12/h3-7,9-10H,2,8,15H2,1H3. The zero-order valence-corrected chi connectivity index (χ0v) is 9.89. The molecule has 1 unspecified atom stereocenters. The van der Waals surface area contributed by atoms with Gasteiger partial charge in [0, 0.05) is 35.8 Å². The molecule has 0 fully saturated rings. The van der Waals surface area contributed by atoms with E-state index in [9.17, 15) is 4.79 Å². The van der Waals surface area contributed by atoms with Gasteiger partial charge in [-0.05, 0) is 17.9 Å². The molecule has 0 aliphatic rings. The Balaban J connectivity index is 2.52. The van der Waals surface area contributed by atoms with Gasteiger partial charge in [0.05, 0.1) is 0 Å². The van der Waals surface area contributed by atoms with E-state index in [2.05, 4.69) is 4.98 Å². The van der Waals surface area contributed by atoms with Crippen LogP contribution in [0.15, 0.2) is 36.7 Å². The second-order valence-electron chi connectivity index (χ2n) is 4.11. The van der Waals surface area contributed by atoms with Crippen LogP contribution in [0.3, 0.4) is 0 Å². The average molecular weight is 228 g/mol. The van der Waals surface area contributed by atoms with Crippen LogP contribution in [0.5, 0.6) is 0 Å². The van der Waals surface area contributed by atoms with Gasteiger partial charge in [0.25, 0.3) is 0 Å². The number of nitrogens with zero attached hydrogens (tertiary/aromatic N) is 1. The van der Waals surface area contributed by atoms with Crippen molar-refractivity contribution in [3.05, 3.63) is 42.2 Å². The third-order valence-corrected chi connectivity index (χ3v) is 3.10. The van der Waals surface area contributed by atoms with Crippen LogP contribution in [0, 0.1) is 5.92 Å². The van der Waals surface area contributed by atoms with Crippen LogP contribution in [0.2, 0.25) is 0 Å². The number of fused-ring (bicyclic) bond motifs is 1. The number of benzene rings is 1. The van der Waals surface area contributed by atoms with Gasteiger partial charge >= 0.3 is 0 Å². The maximum atomic E-state index is 12.3. The summed E-state index contributed by atoms with van der Waals surface area (Å²) >= 11 is 0. The molecule has 2 aromatic rings. The molecule has 2 N–H and O–H groups in total. The molecular weight excluding hydrogens is 212 g/mol. The van der Waals surface area contributed by atoms with E-state index in [0.717, 1.165) is 22.8 Å². The number of nitrogens with two attached hydrogens (primary N) is 1. The highest BCUT2D eigenvalue weighted by Gasteiger charge is 2.18. The second kappa shape index (κ2) is 5.06. The summed E-state index contributed by atoms with van der Waals surface area (Å²) in [6.07, 6.45) is 4.24. The van der Waals surface area contributed by atoms with Crippen molar-refractivity contribution >= 4 is 16.6 Å². The van der Waals surface area contributed by atoms with Crippen molar-refractivity contribution in [2.45, 2.75) is 13.3 Å². The Morgan fingerprint density at radius 2 is 2.24 bits per heavy atom. The smallest absolute Gasteiger partial charge is 0.167 e. The molecule has 1 aromatic heterocycles.